The fourth-order valence-corrected chi connectivity index (χ4v) is 0.821. The molecule has 0 aliphatic heterocycles. The van der Waals surface area contributed by atoms with E-state index in [1.54, 1.807) is 0 Å². The van der Waals surface area contributed by atoms with Crippen LogP contribution >= 0.6 is 0 Å². The maximum Gasteiger partial charge on any atom is 0.120 e. The zero-order valence-corrected chi connectivity index (χ0v) is 8.38. The lowest BCUT2D eigenvalue weighted by Gasteiger charge is -2.12. The second-order valence-corrected chi connectivity index (χ2v) is 3.56. The number of hydrogen-bond donors (Lipinski definition) is 0. The molecule has 2 nitrogen and oxygen atoms in total. The van der Waals surface area contributed by atoms with Crippen LogP contribution in [0.4, 0.5) is 0 Å². The van der Waals surface area contributed by atoms with Crippen molar-refractivity contribution >= 4 is 6.29 Å². The van der Waals surface area contributed by atoms with E-state index in [2.05, 4.69) is 13.8 Å². The lowest BCUT2D eigenvalue weighted by molar-refractivity contribution is -0.109. The van der Waals surface area contributed by atoms with Crippen molar-refractivity contribution in [2.24, 2.45) is 11.8 Å². The Hall–Kier alpha value is -0.370. The minimum Gasteiger partial charge on any atom is -0.381 e. The predicted molar refractivity (Wildman–Crippen MR) is 50.1 cm³/mol. The lowest BCUT2D eigenvalue weighted by Crippen LogP contribution is -2.11. The van der Waals surface area contributed by atoms with Gasteiger partial charge in [0, 0.05) is 19.6 Å². The monoisotopic (exact) mass is 172 g/mol. The number of hydrogen-bond acceptors (Lipinski definition) is 2. The van der Waals surface area contributed by atoms with Gasteiger partial charge in [-0.25, -0.2) is 0 Å². The number of carbonyl (C=O) groups excluding carboxylic acids is 1. The van der Waals surface area contributed by atoms with E-state index in [0.29, 0.717) is 24.9 Å². The summed E-state index contributed by atoms with van der Waals surface area (Å²) in [6, 6.07) is 0. The van der Waals surface area contributed by atoms with Crippen molar-refractivity contribution in [2.45, 2.75) is 33.6 Å². The summed E-state index contributed by atoms with van der Waals surface area (Å²) in [4.78, 5) is 10.1. The third-order valence-electron chi connectivity index (χ3n) is 2.00. The van der Waals surface area contributed by atoms with Gasteiger partial charge in [-0.05, 0) is 11.8 Å². The van der Waals surface area contributed by atoms with E-state index in [-0.39, 0.29) is 0 Å². The van der Waals surface area contributed by atoms with Crippen LogP contribution in [0.3, 0.4) is 0 Å². The Morgan fingerprint density at radius 1 is 1.25 bits per heavy atom. The van der Waals surface area contributed by atoms with Gasteiger partial charge in [-0.3, -0.25) is 0 Å². The largest absolute Gasteiger partial charge is 0.381 e. The van der Waals surface area contributed by atoms with Gasteiger partial charge in [0.05, 0.1) is 0 Å². The molecule has 12 heavy (non-hydrogen) atoms. The first-order chi connectivity index (χ1) is 5.70. The van der Waals surface area contributed by atoms with Gasteiger partial charge in [0.15, 0.2) is 0 Å². The van der Waals surface area contributed by atoms with Gasteiger partial charge in [-0.1, -0.05) is 27.2 Å². The van der Waals surface area contributed by atoms with Crippen molar-refractivity contribution in [1.82, 2.24) is 0 Å². The molecule has 0 heterocycles. The summed E-state index contributed by atoms with van der Waals surface area (Å²) < 4.78 is 5.44. The Bertz CT molecular complexity index is 112. The summed E-state index contributed by atoms with van der Waals surface area (Å²) in [6.45, 7) is 7.89. The summed E-state index contributed by atoms with van der Waals surface area (Å²) in [5.74, 6) is 1.000. The zero-order valence-electron chi connectivity index (χ0n) is 8.38. The molecule has 1 unspecified atom stereocenters. The summed E-state index contributed by atoms with van der Waals surface area (Å²) >= 11 is 0. The first kappa shape index (κ1) is 11.6. The molecule has 0 saturated carbocycles. The third kappa shape index (κ3) is 6.35. The molecule has 0 aromatic carbocycles. The molecule has 0 N–H and O–H groups in total. The normalized spacial score (nSPS) is 15.6. The maximum absolute atomic E-state index is 10.1. The summed E-state index contributed by atoms with van der Waals surface area (Å²) in [5, 5.41) is 0. The average molecular weight is 172 g/mol. The van der Waals surface area contributed by atoms with Crippen molar-refractivity contribution in [3.05, 3.63) is 0 Å². The van der Waals surface area contributed by atoms with Crippen LogP contribution in [0.15, 0.2) is 0 Å². The number of ether oxygens (including phenoxy) is 1. The fourth-order valence-electron chi connectivity index (χ4n) is 0.821. The van der Waals surface area contributed by atoms with Crippen LogP contribution in [-0.4, -0.2) is 19.5 Å². The molecule has 0 radical (unpaired) electrons. The van der Waals surface area contributed by atoms with Crippen molar-refractivity contribution in [3.63, 3.8) is 0 Å². The maximum atomic E-state index is 10.1. The molecular weight excluding hydrogens is 152 g/mol. The van der Waals surface area contributed by atoms with Gasteiger partial charge in [0.2, 0.25) is 0 Å². The second kappa shape index (κ2) is 7.29. The highest BCUT2D eigenvalue weighted by Crippen LogP contribution is 2.04. The molecule has 0 aliphatic carbocycles. The number of aldehydes is 1. The third-order valence-corrected chi connectivity index (χ3v) is 2.00. The van der Waals surface area contributed by atoms with E-state index in [1.165, 1.54) is 0 Å². The summed E-state index contributed by atoms with van der Waals surface area (Å²) in [7, 11) is 0. The van der Waals surface area contributed by atoms with Crippen LogP contribution in [0.25, 0.3) is 0 Å². The van der Waals surface area contributed by atoms with Gasteiger partial charge in [0.25, 0.3) is 0 Å². The quantitative estimate of drug-likeness (QED) is 0.551. The fraction of sp³-hybridized carbons (Fsp3) is 0.900. The van der Waals surface area contributed by atoms with E-state index in [9.17, 15) is 4.79 Å². The Balaban J connectivity index is 3.23. The van der Waals surface area contributed by atoms with Crippen LogP contribution in [0.2, 0.25) is 0 Å². The molecule has 0 aromatic rings. The summed E-state index contributed by atoms with van der Waals surface area (Å²) in [5.41, 5.74) is 0. The molecule has 2 atom stereocenters. The molecule has 0 spiro atoms. The standard InChI is InChI=1S/C10H20O2/c1-4-9(2)7-12-8-10(3)5-6-11/h6,9-10H,4-5,7-8H2,1-3H3/t9?,10-/m0/s1. The predicted octanol–water partition coefficient (Wildman–Crippen LogP) is 2.27. The van der Waals surface area contributed by atoms with Crippen LogP contribution in [0.1, 0.15) is 33.6 Å². The second-order valence-electron chi connectivity index (χ2n) is 3.56. The highest BCUT2D eigenvalue weighted by molar-refractivity contribution is 5.49. The molecule has 0 amide bonds. The molecule has 0 fully saturated rings. The van der Waals surface area contributed by atoms with Crippen LogP contribution in [0, 0.1) is 11.8 Å². The summed E-state index contributed by atoms with van der Waals surface area (Å²) in [6.07, 6.45) is 2.72. The Morgan fingerprint density at radius 2 is 1.83 bits per heavy atom. The first-order valence-electron chi connectivity index (χ1n) is 4.72. The lowest BCUT2D eigenvalue weighted by atomic mass is 10.1. The average Bonchev–Trinajstić information content (AvgIpc) is 2.04. The highest BCUT2D eigenvalue weighted by atomic mass is 16.5. The first-order valence-corrected chi connectivity index (χ1v) is 4.72. The molecule has 0 bridgehead atoms. The van der Waals surface area contributed by atoms with Crippen LogP contribution < -0.4 is 0 Å². The van der Waals surface area contributed by atoms with Crippen molar-refractivity contribution in [1.29, 1.82) is 0 Å². The Morgan fingerprint density at radius 3 is 2.33 bits per heavy atom. The molecule has 0 aliphatic rings. The van der Waals surface area contributed by atoms with Crippen LogP contribution in [-0.2, 0) is 9.53 Å². The molecule has 0 rings (SSSR count). The SMILES string of the molecule is CCC(C)COC[C@@H](C)CC=O. The van der Waals surface area contributed by atoms with Gasteiger partial charge in [-0.15, -0.1) is 0 Å². The van der Waals surface area contributed by atoms with Crippen molar-refractivity contribution < 1.29 is 9.53 Å². The topological polar surface area (TPSA) is 26.3 Å². The molecule has 2 heteroatoms. The molecule has 72 valence electrons. The zero-order chi connectivity index (χ0) is 9.40. The van der Waals surface area contributed by atoms with Crippen molar-refractivity contribution in [2.75, 3.05) is 13.2 Å². The van der Waals surface area contributed by atoms with E-state index in [1.807, 2.05) is 6.92 Å². The molecule has 0 aromatic heterocycles. The van der Waals surface area contributed by atoms with Gasteiger partial charge in [-0.2, -0.15) is 0 Å². The minimum absolute atomic E-state index is 0.367. The van der Waals surface area contributed by atoms with Crippen molar-refractivity contribution in [3.8, 4) is 0 Å². The van der Waals surface area contributed by atoms with E-state index >= 15 is 0 Å². The number of rotatable bonds is 7. The highest BCUT2D eigenvalue weighted by Gasteiger charge is 2.02. The van der Waals surface area contributed by atoms with Gasteiger partial charge >= 0.3 is 0 Å². The Kier molecular flexibility index (Phi) is 7.06. The van der Waals surface area contributed by atoms with E-state index in [0.717, 1.165) is 19.3 Å². The smallest absolute Gasteiger partial charge is 0.120 e. The molecular formula is C10H20O2. The van der Waals surface area contributed by atoms with E-state index < -0.39 is 0 Å². The minimum atomic E-state index is 0.367. The van der Waals surface area contributed by atoms with Gasteiger partial charge < -0.3 is 9.53 Å². The van der Waals surface area contributed by atoms with Crippen LogP contribution in [0.5, 0.6) is 0 Å². The Labute approximate surface area is 75.3 Å². The van der Waals surface area contributed by atoms with E-state index in [4.69, 9.17) is 4.74 Å². The molecule has 0 saturated heterocycles. The van der Waals surface area contributed by atoms with Gasteiger partial charge in [0.1, 0.15) is 6.29 Å². The number of carbonyl (C=O) groups is 1.